The van der Waals surface area contributed by atoms with Crippen molar-refractivity contribution in [2.75, 3.05) is 71.0 Å². The number of aromatic hydroxyl groups is 1. The van der Waals surface area contributed by atoms with E-state index in [9.17, 15) is 19.5 Å². The molecule has 0 radical (unpaired) electrons. The van der Waals surface area contributed by atoms with Gasteiger partial charge < -0.3 is 34.4 Å². The van der Waals surface area contributed by atoms with Crippen molar-refractivity contribution in [3.63, 3.8) is 0 Å². The van der Waals surface area contributed by atoms with Gasteiger partial charge in [-0.2, -0.15) is 0 Å². The van der Waals surface area contributed by atoms with Crippen LogP contribution >= 0.6 is 11.3 Å². The lowest BCUT2D eigenvalue weighted by molar-refractivity contribution is -0.132. The van der Waals surface area contributed by atoms with Crippen LogP contribution in [0.4, 0.5) is 10.1 Å². The predicted molar refractivity (Wildman–Crippen MR) is 222 cm³/mol. The quantitative estimate of drug-likeness (QED) is 0.0975. The minimum Gasteiger partial charge on any atom is -0.506 e. The van der Waals surface area contributed by atoms with E-state index in [1.807, 2.05) is 40.3 Å². The van der Waals surface area contributed by atoms with E-state index in [1.54, 1.807) is 23.5 Å². The minimum atomic E-state index is -0.388. The van der Waals surface area contributed by atoms with Crippen LogP contribution < -0.4 is 10.1 Å². The van der Waals surface area contributed by atoms with E-state index in [0.717, 1.165) is 75.0 Å². The van der Waals surface area contributed by atoms with Crippen LogP contribution in [0.1, 0.15) is 110 Å². The smallest absolute Gasteiger partial charge is 0.273 e. The number of carbonyl (C=O) groups excluding carboxylic acids is 3. The molecule has 12 nitrogen and oxygen atoms in total. The van der Waals surface area contributed by atoms with Gasteiger partial charge in [0.05, 0.1) is 43.4 Å². The van der Waals surface area contributed by atoms with Crippen LogP contribution in [0.3, 0.4) is 0 Å². The first kappa shape index (κ1) is 43.5. The maximum atomic E-state index is 15.7. The molecule has 0 unspecified atom stereocenters. The van der Waals surface area contributed by atoms with Crippen molar-refractivity contribution in [2.24, 2.45) is 0 Å². The Bertz CT molecular complexity index is 1860. The fraction of sp³-hybridized carbons (Fsp3) is 0.591. The first-order valence-corrected chi connectivity index (χ1v) is 22.0. The molecule has 2 aromatic carbocycles. The highest BCUT2D eigenvalue weighted by molar-refractivity contribution is 7.09. The predicted octanol–water partition coefficient (Wildman–Crippen LogP) is 6.94. The monoisotopic (exact) mass is 821 g/mol. The SMILES string of the molecule is CCC(CC)c1nc(C(=O)N2CCOC3(CCN(Cc4cccc(CCOCCC(=O)N(CC)CCCCCc5ccc(O)c6c5OCC(=O)N6)c4F)CC3)C2)cs1. The lowest BCUT2D eigenvalue weighted by Crippen LogP contribution is -2.58. The lowest BCUT2D eigenvalue weighted by atomic mass is 9.89. The molecule has 2 saturated heterocycles. The van der Waals surface area contributed by atoms with Crippen molar-refractivity contribution in [2.45, 2.75) is 103 Å². The van der Waals surface area contributed by atoms with Gasteiger partial charge in [-0.15, -0.1) is 11.3 Å². The van der Waals surface area contributed by atoms with Gasteiger partial charge in [-0.1, -0.05) is 44.5 Å². The van der Waals surface area contributed by atoms with Gasteiger partial charge >= 0.3 is 0 Å². The maximum Gasteiger partial charge on any atom is 0.273 e. The van der Waals surface area contributed by atoms with Crippen LogP contribution in [0.25, 0.3) is 0 Å². The summed E-state index contributed by atoms with van der Waals surface area (Å²) >= 11 is 1.58. The zero-order chi connectivity index (χ0) is 41.1. The average molecular weight is 822 g/mol. The molecule has 4 heterocycles. The third-order valence-corrected chi connectivity index (χ3v) is 12.9. The molecule has 2 fully saturated rings. The molecule has 3 amide bonds. The molecule has 6 rings (SSSR count). The summed E-state index contributed by atoms with van der Waals surface area (Å²) in [5, 5.41) is 15.7. The van der Waals surface area contributed by atoms with Gasteiger partial charge in [0.1, 0.15) is 22.9 Å². The second-order valence-corrected chi connectivity index (χ2v) is 16.6. The van der Waals surface area contributed by atoms with Crippen molar-refractivity contribution < 1.29 is 38.1 Å². The minimum absolute atomic E-state index is 0.00887. The Labute approximate surface area is 346 Å². The van der Waals surface area contributed by atoms with Crippen molar-refractivity contribution in [1.29, 1.82) is 0 Å². The number of nitrogens with zero attached hydrogens (tertiary/aromatic N) is 4. The normalized spacial score (nSPS) is 16.6. The van der Waals surface area contributed by atoms with Crippen LogP contribution in [0.15, 0.2) is 35.7 Å². The Morgan fingerprint density at radius 3 is 2.60 bits per heavy atom. The standard InChI is InChI=1S/C44H60FN5O7S/c1-4-31(5-2)42-46-35(29-58-42)43(54)50-23-26-57-44(30-50)18-21-48(22-19-44)27-34-13-10-12-32(39(34)45)16-24-55-25-17-38(53)49(6-3)20-9-7-8-11-33-14-15-36(51)40-41(33)56-28-37(52)47-40/h10,12-15,29,31,51H,4-9,11,16-28,30H2,1-3H3,(H,47,52). The van der Waals surface area contributed by atoms with Crippen LogP contribution in [-0.4, -0.2) is 114 Å². The number of halogens is 1. The highest BCUT2D eigenvalue weighted by Gasteiger charge is 2.41. The number of benzene rings is 2. The van der Waals surface area contributed by atoms with Gasteiger partial charge in [0.2, 0.25) is 5.91 Å². The number of unbranched alkanes of at least 4 members (excludes halogenated alkanes) is 2. The number of anilines is 1. The summed E-state index contributed by atoms with van der Waals surface area (Å²) in [6.45, 7) is 11.7. The fourth-order valence-electron chi connectivity index (χ4n) is 8.27. The molecular weight excluding hydrogens is 762 g/mol. The Hall–Kier alpha value is -4.11. The van der Waals surface area contributed by atoms with E-state index in [1.165, 1.54) is 0 Å². The third kappa shape index (κ3) is 10.9. The number of piperidine rings is 1. The number of carbonyl (C=O) groups is 3. The lowest BCUT2D eigenvalue weighted by Gasteiger charge is -2.47. The van der Waals surface area contributed by atoms with E-state index in [4.69, 9.17) is 19.2 Å². The Kier molecular flexibility index (Phi) is 15.5. The van der Waals surface area contributed by atoms with Crippen LogP contribution in [0, 0.1) is 5.82 Å². The number of phenols is 1. The number of morpholine rings is 1. The molecular formula is C44H60FN5O7S. The molecule has 3 aliphatic rings. The summed E-state index contributed by atoms with van der Waals surface area (Å²) in [4.78, 5) is 48.8. The van der Waals surface area contributed by atoms with Gasteiger partial charge in [0, 0.05) is 56.1 Å². The molecule has 3 aromatic rings. The van der Waals surface area contributed by atoms with Gasteiger partial charge in [-0.05, 0) is 75.5 Å². The largest absolute Gasteiger partial charge is 0.506 e. The molecule has 1 aromatic heterocycles. The zero-order valence-corrected chi connectivity index (χ0v) is 35.2. The summed E-state index contributed by atoms with van der Waals surface area (Å²) in [6.07, 6.45) is 7.66. The molecule has 0 atom stereocenters. The first-order chi connectivity index (χ1) is 28.1. The van der Waals surface area contributed by atoms with Crippen molar-refractivity contribution in [3.8, 4) is 11.5 Å². The topological polar surface area (TPSA) is 134 Å². The molecule has 1 spiro atoms. The second-order valence-electron chi connectivity index (χ2n) is 15.7. The summed E-state index contributed by atoms with van der Waals surface area (Å²) in [7, 11) is 0. The van der Waals surface area contributed by atoms with Crippen LogP contribution in [0.5, 0.6) is 11.5 Å². The summed E-state index contributed by atoms with van der Waals surface area (Å²) in [5.41, 5.74) is 2.68. The Balaban J connectivity index is 0.876. The molecule has 0 aliphatic carbocycles. The van der Waals surface area contributed by atoms with Gasteiger partial charge in [-0.25, -0.2) is 9.37 Å². The number of hydrogen-bond donors (Lipinski definition) is 2. The van der Waals surface area contributed by atoms with E-state index in [-0.39, 0.29) is 54.5 Å². The van der Waals surface area contributed by atoms with Crippen molar-refractivity contribution in [1.82, 2.24) is 19.7 Å². The highest BCUT2D eigenvalue weighted by Crippen LogP contribution is 2.40. The molecule has 14 heteroatoms. The van der Waals surface area contributed by atoms with Crippen molar-refractivity contribution >= 4 is 34.7 Å². The molecule has 58 heavy (non-hydrogen) atoms. The highest BCUT2D eigenvalue weighted by atomic mass is 32.1. The van der Waals surface area contributed by atoms with Crippen LogP contribution in [0.2, 0.25) is 0 Å². The number of aromatic nitrogens is 1. The Morgan fingerprint density at radius 2 is 1.83 bits per heavy atom. The van der Waals surface area contributed by atoms with Gasteiger partial charge in [0.15, 0.2) is 12.4 Å². The first-order valence-electron chi connectivity index (χ1n) is 21.1. The molecule has 0 saturated carbocycles. The number of thiazole rings is 1. The number of ether oxygens (including phenoxy) is 3. The zero-order valence-electron chi connectivity index (χ0n) is 34.4. The third-order valence-electron chi connectivity index (χ3n) is 11.8. The number of hydrogen-bond acceptors (Lipinski definition) is 10. The Morgan fingerprint density at radius 1 is 1.03 bits per heavy atom. The number of aryl methyl sites for hydroxylation is 1. The number of rotatable bonds is 19. The summed E-state index contributed by atoms with van der Waals surface area (Å²) in [5.74, 6) is 0.448. The fourth-order valence-corrected chi connectivity index (χ4v) is 9.33. The molecule has 0 bridgehead atoms. The number of fused-ring (bicyclic) bond motifs is 1. The molecule has 2 N–H and O–H groups in total. The van der Waals surface area contributed by atoms with Gasteiger partial charge in [-0.3, -0.25) is 19.3 Å². The van der Waals surface area contributed by atoms with E-state index in [2.05, 4.69) is 24.1 Å². The number of likely N-dealkylation sites (tertiary alicyclic amines) is 1. The van der Waals surface area contributed by atoms with E-state index in [0.29, 0.717) is 86.5 Å². The number of amides is 3. The molecule has 316 valence electrons. The average Bonchev–Trinajstić information content (AvgIpc) is 3.72. The summed E-state index contributed by atoms with van der Waals surface area (Å²) < 4.78 is 33.4. The van der Waals surface area contributed by atoms with Crippen molar-refractivity contribution in [3.05, 3.63) is 68.9 Å². The van der Waals surface area contributed by atoms with E-state index < -0.39 is 0 Å². The maximum absolute atomic E-state index is 15.7. The second kappa shape index (κ2) is 20.7. The molecule has 3 aliphatic heterocycles. The number of nitrogens with one attached hydrogen (secondary N) is 1. The van der Waals surface area contributed by atoms with E-state index >= 15 is 4.39 Å². The van der Waals surface area contributed by atoms with Crippen LogP contribution in [-0.2, 0) is 38.4 Å². The number of phenolic OH excluding ortho intramolecular Hbond substituents is 1. The summed E-state index contributed by atoms with van der Waals surface area (Å²) in [6, 6.07) is 8.94. The van der Waals surface area contributed by atoms with Gasteiger partial charge in [0.25, 0.3) is 11.8 Å².